The molecule has 2 aromatic carbocycles. The van der Waals surface area contributed by atoms with Crippen LogP contribution in [0.2, 0.25) is 5.02 Å². The molecule has 0 spiro atoms. The second kappa shape index (κ2) is 7.66. The first-order chi connectivity index (χ1) is 12.5. The molecular formula is C19H19ClN2O4. The Bertz CT molecular complexity index is 866. The van der Waals surface area contributed by atoms with Crippen LogP contribution in [-0.4, -0.2) is 16.6 Å². The first-order valence-corrected chi connectivity index (χ1v) is 8.78. The van der Waals surface area contributed by atoms with Gasteiger partial charge < -0.3 is 15.2 Å². The van der Waals surface area contributed by atoms with Crippen LogP contribution in [0.25, 0.3) is 0 Å². The van der Waals surface area contributed by atoms with Crippen LogP contribution in [0.3, 0.4) is 0 Å². The van der Waals surface area contributed by atoms with Gasteiger partial charge in [0.15, 0.2) is 0 Å². The highest BCUT2D eigenvalue weighted by atomic mass is 35.5. The van der Waals surface area contributed by atoms with E-state index in [4.69, 9.17) is 16.3 Å². The lowest BCUT2D eigenvalue weighted by Gasteiger charge is -2.26. The van der Waals surface area contributed by atoms with Gasteiger partial charge >= 0.3 is 5.70 Å². The number of para-hydroxylation sites is 1. The number of benzene rings is 2. The number of phenolic OH excluding ortho intramolecular Hbond substituents is 1. The number of halogens is 1. The van der Waals surface area contributed by atoms with Crippen LogP contribution >= 0.6 is 11.6 Å². The molecule has 2 N–H and O–H groups in total. The monoisotopic (exact) mass is 374 g/mol. The van der Waals surface area contributed by atoms with Gasteiger partial charge in [-0.25, -0.2) is 0 Å². The van der Waals surface area contributed by atoms with E-state index in [-0.39, 0.29) is 17.3 Å². The number of hydrogen-bond donors (Lipinski definition) is 2. The SMILES string of the molecule is CCCCNC1=C([N+](=O)[O-])C(c2cc(Cl)ccc2O)c2ccccc2O1. The van der Waals surface area contributed by atoms with Gasteiger partial charge in [-0.3, -0.25) is 10.1 Å². The minimum Gasteiger partial charge on any atom is -0.508 e. The Morgan fingerprint density at radius 3 is 2.77 bits per heavy atom. The van der Waals surface area contributed by atoms with Gasteiger partial charge in [0.05, 0.1) is 4.92 Å². The Morgan fingerprint density at radius 2 is 2.04 bits per heavy atom. The predicted octanol–water partition coefficient (Wildman–Crippen LogP) is 4.41. The van der Waals surface area contributed by atoms with Crippen LogP contribution in [-0.2, 0) is 0 Å². The number of ether oxygens (including phenoxy) is 1. The van der Waals surface area contributed by atoms with Crippen molar-refractivity contribution in [3.8, 4) is 11.5 Å². The van der Waals surface area contributed by atoms with E-state index in [2.05, 4.69) is 5.32 Å². The fourth-order valence-electron chi connectivity index (χ4n) is 3.02. The number of allylic oxidation sites excluding steroid dienone is 1. The maximum atomic E-state index is 11.9. The number of fused-ring (bicyclic) bond motifs is 1. The first-order valence-electron chi connectivity index (χ1n) is 8.40. The second-order valence-corrected chi connectivity index (χ2v) is 6.46. The van der Waals surface area contributed by atoms with Crippen molar-refractivity contribution < 1.29 is 14.8 Å². The van der Waals surface area contributed by atoms with Crippen molar-refractivity contribution in [2.75, 3.05) is 6.54 Å². The number of phenols is 1. The Morgan fingerprint density at radius 1 is 1.27 bits per heavy atom. The standard InChI is InChI=1S/C19H19ClN2O4/c1-2-3-10-21-19-18(22(24)25)17(13-6-4-5-7-16(13)26-19)14-11-12(20)8-9-15(14)23/h4-9,11,17,21,23H,2-3,10H2,1H3. The van der Waals surface area contributed by atoms with Crippen LogP contribution in [0.5, 0.6) is 11.5 Å². The van der Waals surface area contributed by atoms with Crippen molar-refractivity contribution in [3.05, 3.63) is 80.3 Å². The molecule has 0 amide bonds. The van der Waals surface area contributed by atoms with E-state index < -0.39 is 10.8 Å². The van der Waals surface area contributed by atoms with Gasteiger partial charge in [0.1, 0.15) is 17.4 Å². The summed E-state index contributed by atoms with van der Waals surface area (Å²) in [7, 11) is 0. The van der Waals surface area contributed by atoms with Gasteiger partial charge in [-0.05, 0) is 30.7 Å². The minimum atomic E-state index is -0.794. The average Bonchev–Trinajstić information content (AvgIpc) is 2.62. The smallest absolute Gasteiger partial charge is 0.317 e. The van der Waals surface area contributed by atoms with Gasteiger partial charge in [0, 0.05) is 22.7 Å². The Balaban J connectivity index is 2.18. The zero-order valence-corrected chi connectivity index (χ0v) is 15.0. The highest BCUT2D eigenvalue weighted by molar-refractivity contribution is 6.30. The van der Waals surface area contributed by atoms with Gasteiger partial charge in [0.25, 0.3) is 5.88 Å². The lowest BCUT2D eigenvalue weighted by molar-refractivity contribution is -0.433. The molecule has 6 nitrogen and oxygen atoms in total. The van der Waals surface area contributed by atoms with E-state index in [9.17, 15) is 15.2 Å². The molecule has 1 heterocycles. The molecule has 1 unspecified atom stereocenters. The summed E-state index contributed by atoms with van der Waals surface area (Å²) in [5, 5.41) is 25.7. The number of aromatic hydroxyl groups is 1. The highest BCUT2D eigenvalue weighted by Gasteiger charge is 2.40. The summed E-state index contributed by atoms with van der Waals surface area (Å²) in [5.41, 5.74) is 0.838. The molecule has 0 radical (unpaired) electrons. The maximum Gasteiger partial charge on any atom is 0.317 e. The van der Waals surface area contributed by atoms with Crippen LogP contribution < -0.4 is 10.1 Å². The molecule has 1 atom stereocenters. The van der Waals surface area contributed by atoms with E-state index in [0.29, 0.717) is 28.4 Å². The largest absolute Gasteiger partial charge is 0.508 e. The van der Waals surface area contributed by atoms with Crippen molar-refractivity contribution in [2.24, 2.45) is 0 Å². The summed E-state index contributed by atoms with van der Waals surface area (Å²) in [6.45, 7) is 2.59. The molecule has 1 aliphatic rings. The number of unbranched alkanes of at least 4 members (excludes halogenated alkanes) is 1. The number of nitrogens with zero attached hydrogens (tertiary/aromatic N) is 1. The molecule has 0 bridgehead atoms. The molecule has 0 fully saturated rings. The molecule has 0 saturated carbocycles. The van der Waals surface area contributed by atoms with Crippen LogP contribution in [0.4, 0.5) is 0 Å². The summed E-state index contributed by atoms with van der Waals surface area (Å²) < 4.78 is 5.79. The van der Waals surface area contributed by atoms with Gasteiger partial charge in [-0.15, -0.1) is 0 Å². The van der Waals surface area contributed by atoms with E-state index in [1.807, 2.05) is 6.92 Å². The molecule has 26 heavy (non-hydrogen) atoms. The number of nitro groups is 1. The Hall–Kier alpha value is -2.73. The third-order valence-corrected chi connectivity index (χ3v) is 4.50. The van der Waals surface area contributed by atoms with Crippen LogP contribution in [0.1, 0.15) is 36.8 Å². The van der Waals surface area contributed by atoms with E-state index in [1.54, 1.807) is 36.4 Å². The first kappa shape index (κ1) is 18.1. The van der Waals surface area contributed by atoms with Crippen LogP contribution in [0.15, 0.2) is 54.0 Å². The summed E-state index contributed by atoms with van der Waals surface area (Å²) in [4.78, 5) is 11.4. The fourth-order valence-corrected chi connectivity index (χ4v) is 3.20. The Kier molecular flexibility index (Phi) is 5.32. The van der Waals surface area contributed by atoms with E-state index in [0.717, 1.165) is 12.8 Å². The van der Waals surface area contributed by atoms with Gasteiger partial charge in [-0.1, -0.05) is 43.1 Å². The summed E-state index contributed by atoms with van der Waals surface area (Å²) >= 11 is 6.09. The number of rotatable bonds is 6. The normalized spacial score (nSPS) is 16.0. The van der Waals surface area contributed by atoms with Crippen molar-refractivity contribution in [3.63, 3.8) is 0 Å². The molecule has 3 rings (SSSR count). The highest BCUT2D eigenvalue weighted by Crippen LogP contribution is 2.45. The summed E-state index contributed by atoms with van der Waals surface area (Å²) in [5.74, 6) is -0.228. The third-order valence-electron chi connectivity index (χ3n) is 4.26. The van der Waals surface area contributed by atoms with Crippen molar-refractivity contribution in [1.29, 1.82) is 0 Å². The summed E-state index contributed by atoms with van der Waals surface area (Å²) in [6.07, 6.45) is 1.80. The topological polar surface area (TPSA) is 84.6 Å². The fraction of sp³-hybridized carbons (Fsp3) is 0.263. The van der Waals surface area contributed by atoms with Crippen molar-refractivity contribution >= 4 is 11.6 Å². The maximum absolute atomic E-state index is 11.9. The molecule has 0 saturated heterocycles. The zero-order valence-electron chi connectivity index (χ0n) is 14.2. The van der Waals surface area contributed by atoms with E-state index >= 15 is 0 Å². The lowest BCUT2D eigenvalue weighted by atomic mass is 9.86. The average molecular weight is 375 g/mol. The quantitative estimate of drug-likeness (QED) is 0.444. The van der Waals surface area contributed by atoms with E-state index in [1.165, 1.54) is 6.07 Å². The molecule has 136 valence electrons. The molecule has 1 aliphatic heterocycles. The molecule has 2 aromatic rings. The van der Waals surface area contributed by atoms with Gasteiger partial charge in [-0.2, -0.15) is 0 Å². The lowest BCUT2D eigenvalue weighted by Crippen LogP contribution is -2.30. The Labute approximate surface area is 156 Å². The molecule has 0 aromatic heterocycles. The van der Waals surface area contributed by atoms with Crippen molar-refractivity contribution in [1.82, 2.24) is 5.32 Å². The minimum absolute atomic E-state index is 0.0524. The number of hydrogen-bond acceptors (Lipinski definition) is 5. The number of nitrogens with one attached hydrogen (secondary N) is 1. The summed E-state index contributed by atoms with van der Waals surface area (Å²) in [6, 6.07) is 11.6. The van der Waals surface area contributed by atoms with Crippen LogP contribution in [0, 0.1) is 10.1 Å². The molecular weight excluding hydrogens is 356 g/mol. The molecule has 0 aliphatic carbocycles. The van der Waals surface area contributed by atoms with Crippen molar-refractivity contribution in [2.45, 2.75) is 25.7 Å². The third kappa shape index (κ3) is 3.46. The molecule has 7 heteroatoms. The van der Waals surface area contributed by atoms with Gasteiger partial charge in [0.2, 0.25) is 0 Å². The zero-order chi connectivity index (χ0) is 18.7. The second-order valence-electron chi connectivity index (χ2n) is 6.03. The predicted molar refractivity (Wildman–Crippen MR) is 99.0 cm³/mol.